The highest BCUT2D eigenvalue weighted by molar-refractivity contribution is 5.96. The maximum absolute atomic E-state index is 12.1. The molecule has 5 nitrogen and oxygen atoms in total. The molecule has 21 heavy (non-hydrogen) atoms. The third-order valence-corrected chi connectivity index (χ3v) is 2.55. The number of aromatic nitrogens is 1. The highest BCUT2D eigenvalue weighted by Crippen LogP contribution is 2.28. The number of nitrogens with two attached hydrogens (primary N) is 1. The number of carboxylic acid groups (broad SMARTS) is 1. The number of ether oxygens (including phenoxy) is 1. The number of nitrogens with zero attached hydrogens (tertiary/aromatic N) is 1. The molecule has 0 atom stereocenters. The second-order valence-electron chi connectivity index (χ2n) is 4.03. The van der Waals surface area contributed by atoms with Crippen molar-refractivity contribution in [3.8, 4) is 16.9 Å². The van der Waals surface area contributed by atoms with Gasteiger partial charge in [-0.15, -0.1) is 13.2 Å². The van der Waals surface area contributed by atoms with E-state index in [0.29, 0.717) is 5.56 Å². The standard InChI is InChI=1S/C13H9F3N2O3/c14-13(15,16)21-8-3-1-7(2-4-8)10-6-18-11(17)5-9(10)12(19)20/h1-6H,(H2,17,18)(H,19,20). The van der Waals surface area contributed by atoms with Crippen LogP contribution in [0.4, 0.5) is 19.0 Å². The number of halogens is 3. The third kappa shape index (κ3) is 3.62. The highest BCUT2D eigenvalue weighted by atomic mass is 19.4. The number of hydrogen-bond acceptors (Lipinski definition) is 4. The van der Waals surface area contributed by atoms with Gasteiger partial charge in [0.1, 0.15) is 11.6 Å². The van der Waals surface area contributed by atoms with E-state index in [0.717, 1.165) is 12.1 Å². The Balaban J connectivity index is 2.37. The molecule has 0 spiro atoms. The Labute approximate surface area is 116 Å². The van der Waals surface area contributed by atoms with Crippen molar-refractivity contribution >= 4 is 11.8 Å². The van der Waals surface area contributed by atoms with Crippen LogP contribution in [0.25, 0.3) is 11.1 Å². The first-order chi connectivity index (χ1) is 9.76. The van der Waals surface area contributed by atoms with Gasteiger partial charge in [-0.2, -0.15) is 0 Å². The first-order valence-corrected chi connectivity index (χ1v) is 5.61. The van der Waals surface area contributed by atoms with Crippen molar-refractivity contribution in [1.29, 1.82) is 0 Å². The maximum Gasteiger partial charge on any atom is 0.573 e. The van der Waals surface area contributed by atoms with Gasteiger partial charge < -0.3 is 15.6 Å². The Hall–Kier alpha value is -2.77. The molecule has 1 aromatic carbocycles. The summed E-state index contributed by atoms with van der Waals surface area (Å²) in [6.45, 7) is 0. The minimum absolute atomic E-state index is 0.0353. The van der Waals surface area contributed by atoms with Gasteiger partial charge >= 0.3 is 12.3 Å². The molecule has 2 aromatic rings. The lowest BCUT2D eigenvalue weighted by atomic mass is 10.0. The summed E-state index contributed by atoms with van der Waals surface area (Å²) in [5.74, 6) is -1.57. The Morgan fingerprint density at radius 2 is 1.86 bits per heavy atom. The van der Waals surface area contributed by atoms with Crippen LogP contribution in [-0.2, 0) is 0 Å². The van der Waals surface area contributed by atoms with Gasteiger partial charge in [-0.1, -0.05) is 12.1 Å². The summed E-state index contributed by atoms with van der Waals surface area (Å²) < 4.78 is 39.9. The normalized spacial score (nSPS) is 11.2. The molecule has 0 unspecified atom stereocenters. The quantitative estimate of drug-likeness (QED) is 0.910. The fourth-order valence-corrected chi connectivity index (χ4v) is 1.71. The summed E-state index contributed by atoms with van der Waals surface area (Å²) in [5.41, 5.74) is 5.96. The van der Waals surface area contributed by atoms with E-state index >= 15 is 0 Å². The average molecular weight is 298 g/mol. The average Bonchev–Trinajstić information content (AvgIpc) is 2.38. The largest absolute Gasteiger partial charge is 0.573 e. The van der Waals surface area contributed by atoms with Gasteiger partial charge in [-0.25, -0.2) is 9.78 Å². The van der Waals surface area contributed by atoms with E-state index < -0.39 is 18.1 Å². The number of alkyl halides is 3. The molecular formula is C13H9F3N2O3. The van der Waals surface area contributed by atoms with E-state index in [1.807, 2.05) is 0 Å². The zero-order chi connectivity index (χ0) is 15.6. The molecule has 0 bridgehead atoms. The number of hydrogen-bond donors (Lipinski definition) is 2. The van der Waals surface area contributed by atoms with E-state index in [1.165, 1.54) is 24.4 Å². The van der Waals surface area contributed by atoms with E-state index in [1.54, 1.807) is 0 Å². The molecule has 1 heterocycles. The molecule has 0 aliphatic heterocycles. The fraction of sp³-hybridized carbons (Fsp3) is 0.0769. The van der Waals surface area contributed by atoms with Gasteiger partial charge in [0.05, 0.1) is 5.56 Å². The molecular weight excluding hydrogens is 289 g/mol. The summed E-state index contributed by atoms with van der Waals surface area (Å²) in [7, 11) is 0. The van der Waals surface area contributed by atoms with Crippen molar-refractivity contribution in [3.05, 3.63) is 42.1 Å². The van der Waals surface area contributed by atoms with Crippen LogP contribution in [0, 0.1) is 0 Å². The number of anilines is 1. The van der Waals surface area contributed by atoms with Crippen molar-refractivity contribution in [2.75, 3.05) is 5.73 Å². The van der Waals surface area contributed by atoms with Crippen LogP contribution >= 0.6 is 0 Å². The van der Waals surface area contributed by atoms with Gasteiger partial charge in [0, 0.05) is 11.8 Å². The lowest BCUT2D eigenvalue weighted by Crippen LogP contribution is -2.16. The zero-order valence-electron chi connectivity index (χ0n) is 10.4. The zero-order valence-corrected chi connectivity index (χ0v) is 10.4. The predicted molar refractivity (Wildman–Crippen MR) is 67.7 cm³/mol. The first kappa shape index (κ1) is 14.6. The lowest BCUT2D eigenvalue weighted by molar-refractivity contribution is -0.274. The minimum atomic E-state index is -4.78. The van der Waals surface area contributed by atoms with Crippen LogP contribution in [0.3, 0.4) is 0 Å². The van der Waals surface area contributed by atoms with Gasteiger partial charge in [0.25, 0.3) is 0 Å². The van der Waals surface area contributed by atoms with E-state index in [2.05, 4.69) is 9.72 Å². The van der Waals surface area contributed by atoms with Crippen LogP contribution in [0.5, 0.6) is 5.75 Å². The number of aromatic carboxylic acids is 1. The van der Waals surface area contributed by atoms with Crippen LogP contribution in [0.15, 0.2) is 36.5 Å². The van der Waals surface area contributed by atoms with Crippen LogP contribution < -0.4 is 10.5 Å². The predicted octanol–water partition coefficient (Wildman–Crippen LogP) is 2.93. The fourth-order valence-electron chi connectivity index (χ4n) is 1.71. The van der Waals surface area contributed by atoms with Gasteiger partial charge in [-0.05, 0) is 23.8 Å². The van der Waals surface area contributed by atoms with Gasteiger partial charge in [-0.3, -0.25) is 0 Å². The minimum Gasteiger partial charge on any atom is -0.478 e. The molecule has 0 saturated heterocycles. The molecule has 0 saturated carbocycles. The van der Waals surface area contributed by atoms with E-state index in [-0.39, 0.29) is 16.9 Å². The first-order valence-electron chi connectivity index (χ1n) is 5.61. The molecule has 3 N–H and O–H groups in total. The second kappa shape index (κ2) is 5.31. The number of carbonyl (C=O) groups is 1. The Kier molecular flexibility index (Phi) is 3.70. The highest BCUT2D eigenvalue weighted by Gasteiger charge is 2.31. The topological polar surface area (TPSA) is 85.4 Å². The van der Waals surface area contributed by atoms with Crippen molar-refractivity contribution in [2.45, 2.75) is 6.36 Å². The van der Waals surface area contributed by atoms with Crippen LogP contribution in [-0.4, -0.2) is 22.4 Å². The summed E-state index contributed by atoms with van der Waals surface area (Å²) in [4.78, 5) is 14.9. The Bertz CT molecular complexity index is 669. The molecule has 2 rings (SSSR count). The number of rotatable bonds is 3. The van der Waals surface area contributed by atoms with Gasteiger partial charge in [0.15, 0.2) is 0 Å². The number of nitrogen functional groups attached to an aromatic ring is 1. The number of pyridine rings is 1. The van der Waals surface area contributed by atoms with E-state index in [4.69, 9.17) is 10.8 Å². The molecule has 1 aromatic heterocycles. The molecule has 0 aliphatic carbocycles. The summed E-state index contributed by atoms with van der Waals surface area (Å²) >= 11 is 0. The monoisotopic (exact) mass is 298 g/mol. The van der Waals surface area contributed by atoms with Crippen molar-refractivity contribution in [1.82, 2.24) is 4.98 Å². The van der Waals surface area contributed by atoms with E-state index in [9.17, 15) is 18.0 Å². The summed E-state index contributed by atoms with van der Waals surface area (Å²) in [6, 6.07) is 5.97. The molecule has 0 fully saturated rings. The van der Waals surface area contributed by atoms with Crippen LogP contribution in [0.1, 0.15) is 10.4 Å². The summed E-state index contributed by atoms with van der Waals surface area (Å²) in [6.07, 6.45) is -3.53. The van der Waals surface area contributed by atoms with Gasteiger partial charge in [0.2, 0.25) is 0 Å². The van der Waals surface area contributed by atoms with Crippen molar-refractivity contribution in [2.24, 2.45) is 0 Å². The Morgan fingerprint density at radius 1 is 1.24 bits per heavy atom. The number of benzene rings is 1. The van der Waals surface area contributed by atoms with Crippen molar-refractivity contribution in [3.63, 3.8) is 0 Å². The third-order valence-electron chi connectivity index (χ3n) is 2.55. The number of carboxylic acids is 1. The maximum atomic E-state index is 12.1. The summed E-state index contributed by atoms with van der Waals surface area (Å²) in [5, 5.41) is 9.10. The smallest absolute Gasteiger partial charge is 0.478 e. The SMILES string of the molecule is Nc1cc(C(=O)O)c(-c2ccc(OC(F)(F)F)cc2)cn1. The molecule has 0 amide bonds. The molecule has 8 heteroatoms. The van der Waals surface area contributed by atoms with Crippen LogP contribution in [0.2, 0.25) is 0 Å². The Morgan fingerprint density at radius 3 is 2.38 bits per heavy atom. The second-order valence-corrected chi connectivity index (χ2v) is 4.03. The molecule has 0 radical (unpaired) electrons. The lowest BCUT2D eigenvalue weighted by Gasteiger charge is -2.10. The molecule has 110 valence electrons. The van der Waals surface area contributed by atoms with Crippen molar-refractivity contribution < 1.29 is 27.8 Å². The molecule has 0 aliphatic rings.